The Kier molecular flexibility index (Phi) is 4.81. The van der Waals surface area contributed by atoms with Crippen molar-refractivity contribution in [1.29, 1.82) is 0 Å². The van der Waals surface area contributed by atoms with E-state index in [0.717, 1.165) is 6.42 Å². The van der Waals surface area contributed by atoms with Crippen LogP contribution in [-0.4, -0.2) is 28.0 Å². The number of nitrogens with one attached hydrogen (secondary N) is 1. The summed E-state index contributed by atoms with van der Waals surface area (Å²) in [6, 6.07) is 1.60. The van der Waals surface area contributed by atoms with Crippen molar-refractivity contribution in [3.63, 3.8) is 0 Å². The Morgan fingerprint density at radius 3 is 2.81 bits per heavy atom. The third kappa shape index (κ3) is 3.56. The lowest BCUT2D eigenvalue weighted by Crippen LogP contribution is -2.20. The average Bonchev–Trinajstić information content (AvgIpc) is 2.25. The molecule has 7 N–H and O–H groups in total. The van der Waals surface area contributed by atoms with E-state index < -0.39 is 6.23 Å². The molecule has 0 aliphatic heterocycles. The Morgan fingerprint density at radius 1 is 1.38 bits per heavy atom. The molecule has 1 atom stereocenters. The molecule has 0 aliphatic carbocycles. The Labute approximate surface area is 94.3 Å². The lowest BCUT2D eigenvalue weighted by Gasteiger charge is -2.15. The Morgan fingerprint density at radius 2 is 2.12 bits per heavy atom. The molecule has 1 rings (SSSR count). The predicted molar refractivity (Wildman–Crippen MR) is 63.6 cm³/mol. The number of aliphatic hydroxyl groups is 2. The molecule has 0 fully saturated rings. The van der Waals surface area contributed by atoms with Gasteiger partial charge >= 0.3 is 0 Å². The van der Waals surface area contributed by atoms with Gasteiger partial charge in [-0.05, 0) is 25.3 Å². The largest absolute Gasteiger partial charge is 0.397 e. The molecule has 0 bridgehead atoms. The zero-order valence-corrected chi connectivity index (χ0v) is 9.06. The first-order chi connectivity index (χ1) is 7.65. The van der Waals surface area contributed by atoms with Gasteiger partial charge in [-0.3, -0.25) is 0 Å². The van der Waals surface area contributed by atoms with E-state index in [9.17, 15) is 5.11 Å². The van der Waals surface area contributed by atoms with Crippen LogP contribution < -0.4 is 16.8 Å². The fourth-order valence-corrected chi connectivity index (χ4v) is 1.28. The van der Waals surface area contributed by atoms with Crippen LogP contribution in [0.5, 0.6) is 0 Å². The van der Waals surface area contributed by atoms with Gasteiger partial charge in [-0.1, -0.05) is 0 Å². The number of rotatable bonds is 6. The van der Waals surface area contributed by atoms with E-state index in [0.29, 0.717) is 30.0 Å². The first-order valence-electron chi connectivity index (χ1n) is 5.20. The summed E-state index contributed by atoms with van der Waals surface area (Å²) in [5.41, 5.74) is 12.1. The van der Waals surface area contributed by atoms with Gasteiger partial charge in [-0.2, -0.15) is 0 Å². The summed E-state index contributed by atoms with van der Waals surface area (Å²) in [6.07, 6.45) is 2.71. The topological polar surface area (TPSA) is 117 Å². The first-order valence-corrected chi connectivity index (χ1v) is 5.20. The molecule has 0 saturated carbocycles. The molecule has 1 aromatic rings. The number of nitrogens with two attached hydrogens (primary N) is 2. The van der Waals surface area contributed by atoms with Gasteiger partial charge in [0, 0.05) is 12.8 Å². The van der Waals surface area contributed by atoms with Crippen LogP contribution in [0.4, 0.5) is 17.2 Å². The van der Waals surface area contributed by atoms with Crippen molar-refractivity contribution in [2.45, 2.75) is 25.5 Å². The van der Waals surface area contributed by atoms with Crippen molar-refractivity contribution >= 4 is 17.2 Å². The Bertz CT molecular complexity index is 333. The fourth-order valence-electron chi connectivity index (χ4n) is 1.28. The highest BCUT2D eigenvalue weighted by Crippen LogP contribution is 2.22. The molecule has 0 aliphatic rings. The van der Waals surface area contributed by atoms with E-state index in [2.05, 4.69) is 10.3 Å². The second-order valence-corrected chi connectivity index (χ2v) is 3.54. The first kappa shape index (κ1) is 12.5. The highest BCUT2D eigenvalue weighted by Gasteiger charge is 2.08. The summed E-state index contributed by atoms with van der Waals surface area (Å²) in [6.45, 7) is 0.130. The third-order valence-electron chi connectivity index (χ3n) is 2.21. The molecule has 16 heavy (non-hydrogen) atoms. The second kappa shape index (κ2) is 6.14. The molecule has 0 saturated heterocycles. The van der Waals surface area contributed by atoms with Crippen molar-refractivity contribution < 1.29 is 10.2 Å². The molecule has 0 spiro atoms. The van der Waals surface area contributed by atoms with E-state index in [1.54, 1.807) is 6.07 Å². The summed E-state index contributed by atoms with van der Waals surface area (Å²) in [7, 11) is 0. The van der Waals surface area contributed by atoms with E-state index >= 15 is 0 Å². The smallest absolute Gasteiger partial charge is 0.153 e. The van der Waals surface area contributed by atoms with Gasteiger partial charge in [-0.15, -0.1) is 0 Å². The van der Waals surface area contributed by atoms with Crippen LogP contribution in [0.3, 0.4) is 0 Å². The summed E-state index contributed by atoms with van der Waals surface area (Å²) in [4.78, 5) is 3.98. The highest BCUT2D eigenvalue weighted by molar-refractivity contribution is 5.75. The SMILES string of the molecule is Nc1ccnc(NC(O)CCCCO)c1N. The van der Waals surface area contributed by atoms with Crippen LogP contribution in [-0.2, 0) is 0 Å². The summed E-state index contributed by atoms with van der Waals surface area (Å²) in [5.74, 6) is 0.386. The second-order valence-electron chi connectivity index (χ2n) is 3.54. The van der Waals surface area contributed by atoms with Crippen LogP contribution in [0.2, 0.25) is 0 Å². The molecule has 0 amide bonds. The summed E-state index contributed by atoms with van der Waals surface area (Å²) >= 11 is 0. The Balaban J connectivity index is 2.49. The monoisotopic (exact) mass is 226 g/mol. The zero-order valence-electron chi connectivity index (χ0n) is 9.06. The molecule has 6 heteroatoms. The number of unbranched alkanes of at least 4 members (excludes halogenated alkanes) is 1. The van der Waals surface area contributed by atoms with Crippen molar-refractivity contribution in [3.05, 3.63) is 12.3 Å². The molecule has 1 heterocycles. The molecule has 6 nitrogen and oxygen atoms in total. The van der Waals surface area contributed by atoms with Crippen LogP contribution >= 0.6 is 0 Å². The average molecular weight is 226 g/mol. The van der Waals surface area contributed by atoms with E-state index in [1.165, 1.54) is 6.20 Å². The van der Waals surface area contributed by atoms with Gasteiger partial charge in [0.15, 0.2) is 5.82 Å². The number of nitrogen functional groups attached to an aromatic ring is 2. The number of anilines is 3. The summed E-state index contributed by atoms with van der Waals surface area (Å²) in [5, 5.41) is 21.0. The lowest BCUT2D eigenvalue weighted by atomic mass is 10.2. The van der Waals surface area contributed by atoms with Gasteiger partial charge < -0.3 is 27.0 Å². The van der Waals surface area contributed by atoms with Crippen LogP contribution in [0.15, 0.2) is 12.3 Å². The normalized spacial score (nSPS) is 12.4. The molecule has 90 valence electrons. The maximum Gasteiger partial charge on any atom is 0.153 e. The van der Waals surface area contributed by atoms with Gasteiger partial charge in [0.2, 0.25) is 0 Å². The number of pyridine rings is 1. The minimum absolute atomic E-state index is 0.130. The minimum Gasteiger partial charge on any atom is -0.397 e. The van der Waals surface area contributed by atoms with Gasteiger partial charge in [0.25, 0.3) is 0 Å². The molecule has 1 aromatic heterocycles. The highest BCUT2D eigenvalue weighted by atomic mass is 16.3. The maximum atomic E-state index is 9.62. The molecular weight excluding hydrogens is 208 g/mol. The van der Waals surface area contributed by atoms with Crippen LogP contribution in [0.25, 0.3) is 0 Å². The fraction of sp³-hybridized carbons (Fsp3) is 0.500. The standard InChI is InChI=1S/C10H18N4O2/c11-7-4-5-13-10(9(7)12)14-8(16)3-1-2-6-15/h4-5,8,15-16H,1-3,6,12H2,(H3,11,13,14). The van der Waals surface area contributed by atoms with Gasteiger partial charge in [0.1, 0.15) is 6.23 Å². The number of aliphatic hydroxyl groups excluding tert-OH is 2. The Hall–Kier alpha value is -1.53. The molecule has 1 unspecified atom stereocenters. The lowest BCUT2D eigenvalue weighted by molar-refractivity contribution is 0.183. The van der Waals surface area contributed by atoms with Crippen molar-refractivity contribution in [3.8, 4) is 0 Å². The molecule has 0 aromatic carbocycles. The van der Waals surface area contributed by atoms with Crippen LogP contribution in [0.1, 0.15) is 19.3 Å². The minimum atomic E-state index is -0.733. The van der Waals surface area contributed by atoms with Gasteiger partial charge in [0.05, 0.1) is 11.4 Å². The van der Waals surface area contributed by atoms with E-state index in [-0.39, 0.29) is 6.61 Å². The molecular formula is C10H18N4O2. The number of hydrogen-bond acceptors (Lipinski definition) is 6. The zero-order chi connectivity index (χ0) is 12.0. The number of aromatic nitrogens is 1. The van der Waals surface area contributed by atoms with Gasteiger partial charge in [-0.25, -0.2) is 4.98 Å². The van der Waals surface area contributed by atoms with E-state index in [1.807, 2.05) is 0 Å². The number of hydrogen-bond donors (Lipinski definition) is 5. The summed E-state index contributed by atoms with van der Waals surface area (Å²) < 4.78 is 0. The maximum absolute atomic E-state index is 9.62. The van der Waals surface area contributed by atoms with Crippen molar-refractivity contribution in [2.75, 3.05) is 23.4 Å². The quantitative estimate of drug-likeness (QED) is 0.348. The van der Waals surface area contributed by atoms with Crippen molar-refractivity contribution in [2.24, 2.45) is 0 Å². The van der Waals surface area contributed by atoms with Crippen molar-refractivity contribution in [1.82, 2.24) is 4.98 Å². The number of nitrogens with zero attached hydrogens (tertiary/aromatic N) is 1. The van der Waals surface area contributed by atoms with E-state index in [4.69, 9.17) is 16.6 Å². The third-order valence-corrected chi connectivity index (χ3v) is 2.21. The predicted octanol–water partition coefficient (Wildman–Crippen LogP) is 0.139. The molecule has 0 radical (unpaired) electrons. The van der Waals surface area contributed by atoms with Crippen LogP contribution in [0, 0.1) is 0 Å².